The Bertz CT molecular complexity index is 1160. The van der Waals surface area contributed by atoms with E-state index >= 15 is 0 Å². The minimum absolute atomic E-state index is 0.220. The number of hydrogen-bond donors (Lipinski definition) is 1. The smallest absolute Gasteiger partial charge is 0.490 e. The molecule has 0 bridgehead atoms. The van der Waals surface area contributed by atoms with Gasteiger partial charge in [-0.25, -0.2) is 9.59 Å². The highest BCUT2D eigenvalue weighted by molar-refractivity contribution is 5.95. The number of halogens is 3. The molecule has 0 amide bonds. The van der Waals surface area contributed by atoms with Gasteiger partial charge in [-0.1, -0.05) is 6.42 Å². The van der Waals surface area contributed by atoms with Crippen LogP contribution in [0.1, 0.15) is 54.4 Å². The fraction of sp³-hybridized carbons (Fsp3) is 0.517. The second-order valence-corrected chi connectivity index (χ2v) is 10.2. The first-order chi connectivity index (χ1) is 19.1. The van der Waals surface area contributed by atoms with Crippen LogP contribution in [0.5, 0.6) is 11.5 Å². The Hall–Kier alpha value is -3.47. The molecule has 0 aliphatic carbocycles. The van der Waals surface area contributed by atoms with Gasteiger partial charge in [0.25, 0.3) is 0 Å². The van der Waals surface area contributed by atoms with Crippen molar-refractivity contribution in [2.24, 2.45) is 0 Å². The minimum atomic E-state index is -5.08. The fourth-order valence-corrected chi connectivity index (χ4v) is 5.40. The number of carboxylic acid groups (broad SMARTS) is 1. The highest BCUT2D eigenvalue weighted by Gasteiger charge is 2.47. The van der Waals surface area contributed by atoms with Crippen molar-refractivity contribution < 1.29 is 42.1 Å². The van der Waals surface area contributed by atoms with Gasteiger partial charge in [0.1, 0.15) is 17.1 Å². The quantitative estimate of drug-likeness (QED) is 0.361. The Morgan fingerprint density at radius 2 is 1.62 bits per heavy atom. The molecule has 0 unspecified atom stereocenters. The number of hydrogen-bond acceptors (Lipinski definition) is 7. The van der Waals surface area contributed by atoms with Gasteiger partial charge in [-0.3, -0.25) is 0 Å². The summed E-state index contributed by atoms with van der Waals surface area (Å²) >= 11 is 0. The topological polar surface area (TPSA) is 88.5 Å². The number of piperidine rings is 2. The van der Waals surface area contributed by atoms with Crippen LogP contribution in [-0.4, -0.2) is 74.6 Å². The molecule has 0 saturated carbocycles. The summed E-state index contributed by atoms with van der Waals surface area (Å²) in [6, 6.07) is 14.0. The molecular weight excluding hydrogens is 529 g/mol. The van der Waals surface area contributed by atoms with Gasteiger partial charge >= 0.3 is 18.1 Å². The average molecular weight is 565 g/mol. The zero-order chi connectivity index (χ0) is 28.8. The van der Waals surface area contributed by atoms with Gasteiger partial charge in [-0.15, -0.1) is 0 Å². The third-order valence-corrected chi connectivity index (χ3v) is 7.58. The van der Waals surface area contributed by atoms with Crippen LogP contribution in [0, 0.1) is 0 Å². The van der Waals surface area contributed by atoms with Crippen LogP contribution >= 0.6 is 0 Å². The highest BCUT2D eigenvalue weighted by Crippen LogP contribution is 2.45. The highest BCUT2D eigenvalue weighted by atomic mass is 19.4. The SMILES string of the molecule is COc1ccc2c(c1)C1(CCN(c3ccc(OCCCN4CCCCC4)cc3)CC1)OC2=O.O=C(O)C(F)(F)F. The van der Waals surface area contributed by atoms with Gasteiger partial charge in [-0.2, -0.15) is 13.2 Å². The summed E-state index contributed by atoms with van der Waals surface area (Å²) in [4.78, 5) is 26.2. The normalized spacial score (nSPS) is 18.4. The molecule has 0 atom stereocenters. The number of carboxylic acids is 1. The van der Waals surface area contributed by atoms with Crippen molar-refractivity contribution in [3.05, 3.63) is 53.6 Å². The van der Waals surface area contributed by atoms with Gasteiger partial charge in [0.15, 0.2) is 0 Å². The van der Waals surface area contributed by atoms with E-state index in [1.54, 1.807) is 7.11 Å². The fourth-order valence-electron chi connectivity index (χ4n) is 5.40. The molecule has 40 heavy (non-hydrogen) atoms. The van der Waals surface area contributed by atoms with Crippen molar-refractivity contribution >= 4 is 17.6 Å². The predicted molar refractivity (Wildman–Crippen MR) is 142 cm³/mol. The third-order valence-electron chi connectivity index (χ3n) is 7.58. The van der Waals surface area contributed by atoms with Gasteiger partial charge in [0, 0.05) is 43.7 Å². The number of rotatable bonds is 7. The molecule has 3 heterocycles. The van der Waals surface area contributed by atoms with Crippen molar-refractivity contribution in [3.63, 3.8) is 0 Å². The summed E-state index contributed by atoms with van der Waals surface area (Å²) in [5.74, 6) is -1.28. The van der Waals surface area contributed by atoms with Crippen molar-refractivity contribution in [2.45, 2.75) is 50.3 Å². The van der Waals surface area contributed by atoms with Crippen LogP contribution in [0.3, 0.4) is 0 Å². The first kappa shape index (κ1) is 29.5. The van der Waals surface area contributed by atoms with Gasteiger partial charge in [-0.05, 0) is 74.8 Å². The molecule has 3 aliphatic rings. The van der Waals surface area contributed by atoms with Crippen LogP contribution in [-0.2, 0) is 15.1 Å². The standard InChI is InChI=1S/C27H34N2O4.C2HF3O2/c1-31-23-10-11-24-25(20-23)27(33-26(24)30)12-17-29(18-13-27)21-6-8-22(9-7-21)32-19-5-16-28-14-3-2-4-15-28;3-2(4,5)1(6)7/h6-11,20H,2-5,12-19H2,1H3;(H,6,7). The lowest BCUT2D eigenvalue weighted by Gasteiger charge is -2.39. The number of esters is 1. The van der Waals surface area contributed by atoms with Gasteiger partial charge < -0.3 is 29.1 Å². The first-order valence-electron chi connectivity index (χ1n) is 13.5. The molecular formula is C29H35F3N2O6. The first-order valence-corrected chi connectivity index (χ1v) is 13.5. The molecule has 2 aromatic carbocycles. The maximum Gasteiger partial charge on any atom is 0.490 e. The van der Waals surface area contributed by atoms with E-state index in [-0.39, 0.29) is 5.97 Å². The largest absolute Gasteiger partial charge is 0.497 e. The predicted octanol–water partition coefficient (Wildman–Crippen LogP) is 5.25. The van der Waals surface area contributed by atoms with Crippen molar-refractivity contribution in [2.75, 3.05) is 51.3 Å². The number of nitrogens with zero attached hydrogens (tertiary/aromatic N) is 2. The third kappa shape index (κ3) is 7.18. The summed E-state index contributed by atoms with van der Waals surface area (Å²) in [5, 5.41) is 7.12. The number of likely N-dealkylation sites (tertiary alicyclic amines) is 1. The zero-order valence-electron chi connectivity index (χ0n) is 22.5. The maximum absolute atomic E-state index is 12.4. The number of fused-ring (bicyclic) bond motifs is 2. The van der Waals surface area contributed by atoms with Gasteiger partial charge in [0.05, 0.1) is 19.3 Å². The Labute approximate surface area is 231 Å². The minimum Gasteiger partial charge on any atom is -0.497 e. The Balaban J connectivity index is 0.000000470. The van der Waals surface area contributed by atoms with Crippen molar-refractivity contribution in [3.8, 4) is 11.5 Å². The Morgan fingerprint density at radius 3 is 2.23 bits per heavy atom. The molecule has 1 N–H and O–H groups in total. The molecule has 0 aromatic heterocycles. The zero-order valence-corrected chi connectivity index (χ0v) is 22.5. The summed E-state index contributed by atoms with van der Waals surface area (Å²) in [5.41, 5.74) is 2.29. The number of methoxy groups -OCH3 is 1. The lowest BCUT2D eigenvalue weighted by Crippen LogP contribution is -2.42. The van der Waals surface area contributed by atoms with E-state index in [4.69, 9.17) is 24.1 Å². The van der Waals surface area contributed by atoms with Crippen LogP contribution in [0.25, 0.3) is 0 Å². The molecule has 8 nitrogen and oxygen atoms in total. The molecule has 2 fully saturated rings. The summed E-state index contributed by atoms with van der Waals surface area (Å²) in [7, 11) is 1.65. The van der Waals surface area contributed by atoms with Crippen LogP contribution in [0.15, 0.2) is 42.5 Å². The molecule has 0 radical (unpaired) electrons. The maximum atomic E-state index is 12.4. The van der Waals surface area contributed by atoms with E-state index < -0.39 is 17.7 Å². The van der Waals surface area contributed by atoms with Crippen LogP contribution in [0.2, 0.25) is 0 Å². The Morgan fingerprint density at radius 1 is 1.00 bits per heavy atom. The number of benzene rings is 2. The molecule has 11 heteroatoms. The van der Waals surface area contributed by atoms with Crippen molar-refractivity contribution in [1.82, 2.24) is 4.90 Å². The summed E-state index contributed by atoms with van der Waals surface area (Å²) in [6.07, 6.45) is 1.58. The lowest BCUT2D eigenvalue weighted by molar-refractivity contribution is -0.192. The second-order valence-electron chi connectivity index (χ2n) is 10.2. The summed E-state index contributed by atoms with van der Waals surface area (Å²) < 4.78 is 49.0. The molecule has 3 aliphatic heterocycles. The number of ether oxygens (including phenoxy) is 3. The molecule has 1 spiro atoms. The number of alkyl halides is 3. The number of aliphatic carboxylic acids is 1. The average Bonchev–Trinajstić information content (AvgIpc) is 3.22. The molecule has 2 saturated heterocycles. The number of anilines is 1. The molecule has 5 rings (SSSR count). The number of carbonyl (C=O) groups is 2. The Kier molecular flexibility index (Phi) is 9.44. The second kappa shape index (κ2) is 12.8. The van der Waals surface area contributed by atoms with E-state index in [1.165, 1.54) is 38.0 Å². The van der Waals surface area contributed by atoms with E-state index in [2.05, 4.69) is 34.1 Å². The monoisotopic (exact) mass is 564 g/mol. The van der Waals surface area contributed by atoms with E-state index in [1.807, 2.05) is 18.2 Å². The summed E-state index contributed by atoms with van der Waals surface area (Å²) in [6.45, 7) is 6.04. The lowest BCUT2D eigenvalue weighted by atomic mass is 9.83. The van der Waals surface area contributed by atoms with Crippen LogP contribution in [0.4, 0.5) is 18.9 Å². The van der Waals surface area contributed by atoms with Gasteiger partial charge in [0.2, 0.25) is 0 Å². The van der Waals surface area contributed by atoms with E-state index in [9.17, 15) is 18.0 Å². The van der Waals surface area contributed by atoms with Crippen LogP contribution < -0.4 is 14.4 Å². The molecule has 2 aromatic rings. The number of carbonyl (C=O) groups excluding carboxylic acids is 1. The molecule has 218 valence electrons. The van der Waals surface area contributed by atoms with Crippen molar-refractivity contribution in [1.29, 1.82) is 0 Å². The van der Waals surface area contributed by atoms with E-state index in [0.717, 1.165) is 62.6 Å². The van der Waals surface area contributed by atoms with E-state index in [0.29, 0.717) is 5.56 Å².